The van der Waals surface area contributed by atoms with Crippen LogP contribution in [-0.2, 0) is 14.3 Å². The number of esters is 1. The van der Waals surface area contributed by atoms with Crippen LogP contribution in [0.15, 0.2) is 0 Å². The lowest BCUT2D eigenvalue weighted by Gasteiger charge is -2.20. The van der Waals surface area contributed by atoms with Gasteiger partial charge in [-0.2, -0.15) is 0 Å². The van der Waals surface area contributed by atoms with Crippen LogP contribution in [0.4, 0.5) is 0 Å². The molecule has 4 heteroatoms. The van der Waals surface area contributed by atoms with E-state index in [1.54, 1.807) is 27.7 Å². The lowest BCUT2D eigenvalue weighted by molar-refractivity contribution is -0.145. The van der Waals surface area contributed by atoms with Crippen LogP contribution in [0.2, 0.25) is 0 Å². The molecule has 1 amide bonds. The summed E-state index contributed by atoms with van der Waals surface area (Å²) in [5, 5.41) is 2.56. The Kier molecular flexibility index (Phi) is 3.91. The lowest BCUT2D eigenvalue weighted by Crippen LogP contribution is -2.44. The largest absolute Gasteiger partial charge is 0.467 e. The summed E-state index contributed by atoms with van der Waals surface area (Å²) in [6.45, 7) is 6.94. The number of methoxy groups -OCH3 is 1. The van der Waals surface area contributed by atoms with Crippen LogP contribution in [0, 0.1) is 5.41 Å². The third-order valence-corrected chi connectivity index (χ3v) is 1.58. The van der Waals surface area contributed by atoms with Crippen molar-refractivity contribution in [1.82, 2.24) is 5.32 Å². The van der Waals surface area contributed by atoms with E-state index in [9.17, 15) is 9.59 Å². The SMILES string of the molecule is COC(=O)[C@@H](C)NC(=O)C(C)(C)C. The second kappa shape index (κ2) is 4.25. The predicted octanol–water partition coefficient (Wildman–Crippen LogP) is 0.710. The van der Waals surface area contributed by atoms with Gasteiger partial charge in [0.15, 0.2) is 0 Å². The molecule has 0 aliphatic carbocycles. The Hall–Kier alpha value is -1.06. The van der Waals surface area contributed by atoms with E-state index in [1.807, 2.05) is 0 Å². The summed E-state index contributed by atoms with van der Waals surface area (Å²) in [4.78, 5) is 22.3. The summed E-state index contributed by atoms with van der Waals surface area (Å²) in [6.07, 6.45) is 0. The first-order chi connectivity index (χ1) is 5.79. The Morgan fingerprint density at radius 1 is 1.31 bits per heavy atom. The fourth-order valence-corrected chi connectivity index (χ4v) is 0.649. The van der Waals surface area contributed by atoms with E-state index in [4.69, 9.17) is 0 Å². The van der Waals surface area contributed by atoms with Crippen molar-refractivity contribution in [2.75, 3.05) is 7.11 Å². The molecule has 1 atom stereocenters. The molecule has 13 heavy (non-hydrogen) atoms. The van der Waals surface area contributed by atoms with Gasteiger partial charge >= 0.3 is 5.97 Å². The molecule has 0 spiro atoms. The highest BCUT2D eigenvalue weighted by atomic mass is 16.5. The van der Waals surface area contributed by atoms with E-state index in [1.165, 1.54) is 7.11 Å². The first-order valence-electron chi connectivity index (χ1n) is 4.18. The van der Waals surface area contributed by atoms with Gasteiger partial charge in [0.05, 0.1) is 7.11 Å². The van der Waals surface area contributed by atoms with E-state index in [0.29, 0.717) is 0 Å². The summed E-state index contributed by atoms with van der Waals surface area (Å²) < 4.78 is 4.47. The number of hydrogen-bond acceptors (Lipinski definition) is 3. The Labute approximate surface area is 78.6 Å². The van der Waals surface area contributed by atoms with Crippen molar-refractivity contribution in [2.24, 2.45) is 5.41 Å². The van der Waals surface area contributed by atoms with E-state index in [0.717, 1.165) is 0 Å². The first kappa shape index (κ1) is 11.9. The highest BCUT2D eigenvalue weighted by Crippen LogP contribution is 2.12. The fraction of sp³-hybridized carbons (Fsp3) is 0.778. The van der Waals surface area contributed by atoms with Gasteiger partial charge in [0.25, 0.3) is 0 Å². The maximum atomic E-state index is 11.4. The summed E-state index contributed by atoms with van der Waals surface area (Å²) in [5.74, 6) is -0.594. The van der Waals surface area contributed by atoms with Crippen LogP contribution in [-0.4, -0.2) is 25.0 Å². The van der Waals surface area contributed by atoms with Gasteiger partial charge in [-0.25, -0.2) is 4.79 Å². The number of amides is 1. The summed E-state index contributed by atoms with van der Waals surface area (Å²) in [6, 6.07) is -0.586. The van der Waals surface area contributed by atoms with Crippen LogP contribution in [0.25, 0.3) is 0 Å². The van der Waals surface area contributed by atoms with Gasteiger partial charge in [-0.1, -0.05) is 20.8 Å². The van der Waals surface area contributed by atoms with Crippen molar-refractivity contribution in [3.8, 4) is 0 Å². The van der Waals surface area contributed by atoms with Gasteiger partial charge in [0.1, 0.15) is 6.04 Å². The summed E-state index contributed by atoms with van der Waals surface area (Å²) in [5.41, 5.74) is -0.484. The quantitative estimate of drug-likeness (QED) is 0.648. The number of carbonyl (C=O) groups is 2. The van der Waals surface area contributed by atoms with E-state index in [2.05, 4.69) is 10.1 Å². The second-order valence-corrected chi connectivity index (χ2v) is 3.97. The Balaban J connectivity index is 4.15. The fourth-order valence-electron chi connectivity index (χ4n) is 0.649. The standard InChI is InChI=1S/C9H17NO3/c1-6(7(11)13-5)10-8(12)9(2,3)4/h6H,1-5H3,(H,10,12)/t6-/m1/s1. The van der Waals surface area contributed by atoms with Crippen molar-refractivity contribution in [1.29, 1.82) is 0 Å². The normalized spacial score (nSPS) is 13.3. The number of hydrogen-bond donors (Lipinski definition) is 1. The van der Waals surface area contributed by atoms with Gasteiger partial charge in [0.2, 0.25) is 5.91 Å². The molecular formula is C9H17NO3. The van der Waals surface area contributed by atoms with Crippen molar-refractivity contribution in [3.05, 3.63) is 0 Å². The van der Waals surface area contributed by atoms with Crippen LogP contribution in [0.1, 0.15) is 27.7 Å². The van der Waals surface area contributed by atoms with E-state index >= 15 is 0 Å². The lowest BCUT2D eigenvalue weighted by atomic mass is 9.95. The molecule has 0 saturated heterocycles. The molecule has 0 unspecified atom stereocenters. The van der Waals surface area contributed by atoms with E-state index < -0.39 is 17.4 Å². The monoisotopic (exact) mass is 187 g/mol. The maximum absolute atomic E-state index is 11.4. The molecule has 0 radical (unpaired) electrons. The van der Waals surface area contributed by atoms with Crippen molar-refractivity contribution < 1.29 is 14.3 Å². The van der Waals surface area contributed by atoms with Crippen molar-refractivity contribution >= 4 is 11.9 Å². The Morgan fingerprint density at radius 2 is 1.77 bits per heavy atom. The molecule has 0 fully saturated rings. The molecular weight excluding hydrogens is 170 g/mol. The molecule has 0 heterocycles. The molecule has 0 aromatic rings. The molecule has 0 saturated carbocycles. The highest BCUT2D eigenvalue weighted by Gasteiger charge is 2.25. The maximum Gasteiger partial charge on any atom is 0.328 e. The minimum atomic E-state index is -0.586. The average molecular weight is 187 g/mol. The van der Waals surface area contributed by atoms with Crippen LogP contribution < -0.4 is 5.32 Å². The topological polar surface area (TPSA) is 55.4 Å². The number of nitrogens with one attached hydrogen (secondary N) is 1. The highest BCUT2D eigenvalue weighted by molar-refractivity contribution is 5.86. The van der Waals surface area contributed by atoms with Crippen LogP contribution in [0.5, 0.6) is 0 Å². The number of carbonyl (C=O) groups excluding carboxylic acids is 2. The zero-order valence-electron chi connectivity index (χ0n) is 8.80. The second-order valence-electron chi connectivity index (χ2n) is 3.97. The van der Waals surface area contributed by atoms with Gasteiger partial charge < -0.3 is 10.1 Å². The van der Waals surface area contributed by atoms with Crippen LogP contribution >= 0.6 is 0 Å². The molecule has 0 aromatic heterocycles. The predicted molar refractivity (Wildman–Crippen MR) is 49.1 cm³/mol. The van der Waals surface area contributed by atoms with Gasteiger partial charge in [-0.15, -0.1) is 0 Å². The molecule has 0 aliphatic heterocycles. The third kappa shape index (κ3) is 3.92. The molecule has 0 bridgehead atoms. The average Bonchev–Trinajstić information content (AvgIpc) is 2.01. The molecule has 0 rings (SSSR count). The minimum Gasteiger partial charge on any atom is -0.467 e. The Morgan fingerprint density at radius 3 is 2.08 bits per heavy atom. The molecule has 76 valence electrons. The zero-order chi connectivity index (χ0) is 10.6. The molecule has 0 aliphatic rings. The van der Waals surface area contributed by atoms with Crippen molar-refractivity contribution in [2.45, 2.75) is 33.7 Å². The molecule has 1 N–H and O–H groups in total. The summed E-state index contributed by atoms with van der Waals surface area (Å²) >= 11 is 0. The number of rotatable bonds is 2. The van der Waals surface area contributed by atoms with Crippen molar-refractivity contribution in [3.63, 3.8) is 0 Å². The van der Waals surface area contributed by atoms with Crippen LogP contribution in [0.3, 0.4) is 0 Å². The number of ether oxygens (including phenoxy) is 1. The molecule has 0 aromatic carbocycles. The Bertz CT molecular complexity index is 205. The van der Waals surface area contributed by atoms with Gasteiger partial charge in [-0.3, -0.25) is 4.79 Å². The smallest absolute Gasteiger partial charge is 0.328 e. The minimum absolute atomic E-state index is 0.162. The van der Waals surface area contributed by atoms with E-state index in [-0.39, 0.29) is 5.91 Å². The van der Waals surface area contributed by atoms with Gasteiger partial charge in [0, 0.05) is 5.41 Å². The summed E-state index contributed by atoms with van der Waals surface area (Å²) in [7, 11) is 1.29. The zero-order valence-corrected chi connectivity index (χ0v) is 8.80. The third-order valence-electron chi connectivity index (χ3n) is 1.58. The molecule has 4 nitrogen and oxygen atoms in total. The van der Waals surface area contributed by atoms with Gasteiger partial charge in [-0.05, 0) is 6.92 Å². The first-order valence-corrected chi connectivity index (χ1v) is 4.18.